The van der Waals surface area contributed by atoms with E-state index in [1.807, 2.05) is 35.0 Å². The normalized spacial score (nSPS) is 15.3. The molecule has 3 rings (SSSR count). The molecule has 1 saturated carbocycles. The third kappa shape index (κ3) is 1.51. The fourth-order valence-corrected chi connectivity index (χ4v) is 1.94. The van der Waals surface area contributed by atoms with E-state index in [9.17, 15) is 0 Å². The lowest BCUT2D eigenvalue weighted by Crippen LogP contribution is -2.08. The summed E-state index contributed by atoms with van der Waals surface area (Å²) in [4.78, 5) is 0. The van der Waals surface area contributed by atoms with Gasteiger partial charge in [0.05, 0.1) is 11.7 Å². The van der Waals surface area contributed by atoms with Crippen LogP contribution < -0.4 is 5.73 Å². The van der Waals surface area contributed by atoms with E-state index in [-0.39, 0.29) is 0 Å². The topological polar surface area (TPSA) is 56.7 Å². The summed E-state index contributed by atoms with van der Waals surface area (Å²) in [5, 5.41) is 8.46. The molecule has 0 unspecified atom stereocenters. The van der Waals surface area contributed by atoms with Crippen LogP contribution in [0.3, 0.4) is 0 Å². The van der Waals surface area contributed by atoms with Crippen molar-refractivity contribution in [1.82, 2.24) is 15.0 Å². The van der Waals surface area contributed by atoms with Crippen molar-refractivity contribution in [3.8, 4) is 11.3 Å². The molecule has 0 bridgehead atoms. The highest BCUT2D eigenvalue weighted by Crippen LogP contribution is 2.36. The van der Waals surface area contributed by atoms with Gasteiger partial charge in [0.25, 0.3) is 0 Å². The zero-order chi connectivity index (χ0) is 11.0. The highest BCUT2D eigenvalue weighted by molar-refractivity contribution is 5.61. The van der Waals surface area contributed by atoms with E-state index >= 15 is 0 Å². The van der Waals surface area contributed by atoms with Crippen molar-refractivity contribution in [2.75, 3.05) is 0 Å². The zero-order valence-corrected chi connectivity index (χ0v) is 9.00. The van der Waals surface area contributed by atoms with Crippen molar-refractivity contribution in [2.45, 2.75) is 25.4 Å². The van der Waals surface area contributed by atoms with Gasteiger partial charge in [-0.25, -0.2) is 4.68 Å². The summed E-state index contributed by atoms with van der Waals surface area (Å²) in [5.74, 6) is 0. The molecule has 1 aliphatic rings. The second-order valence-corrected chi connectivity index (χ2v) is 4.13. The molecule has 0 atom stereocenters. The third-order valence-corrected chi connectivity index (χ3v) is 2.92. The number of hydrogen-bond donors (Lipinski definition) is 1. The van der Waals surface area contributed by atoms with E-state index in [1.54, 1.807) is 0 Å². The van der Waals surface area contributed by atoms with Gasteiger partial charge in [-0.05, 0) is 12.8 Å². The zero-order valence-electron chi connectivity index (χ0n) is 9.00. The van der Waals surface area contributed by atoms with Crippen LogP contribution in [0.2, 0.25) is 0 Å². The monoisotopic (exact) mass is 214 g/mol. The van der Waals surface area contributed by atoms with Crippen molar-refractivity contribution < 1.29 is 0 Å². The van der Waals surface area contributed by atoms with Crippen LogP contribution >= 0.6 is 0 Å². The molecule has 0 spiro atoms. The van der Waals surface area contributed by atoms with Gasteiger partial charge in [0.15, 0.2) is 0 Å². The fourth-order valence-electron chi connectivity index (χ4n) is 1.94. The predicted octanol–water partition coefficient (Wildman–Crippen LogP) is 1.74. The van der Waals surface area contributed by atoms with Gasteiger partial charge in [-0.1, -0.05) is 35.5 Å². The number of nitrogens with two attached hydrogens (primary N) is 1. The SMILES string of the molecule is NCc1c(-c2ccccc2)nnn1C1CC1. The maximum atomic E-state index is 5.80. The first-order valence-electron chi connectivity index (χ1n) is 5.59. The molecular weight excluding hydrogens is 200 g/mol. The average molecular weight is 214 g/mol. The van der Waals surface area contributed by atoms with Crippen LogP contribution in [0.1, 0.15) is 24.6 Å². The van der Waals surface area contributed by atoms with Crippen molar-refractivity contribution in [3.63, 3.8) is 0 Å². The summed E-state index contributed by atoms with van der Waals surface area (Å²) in [6.45, 7) is 0.494. The fraction of sp³-hybridized carbons (Fsp3) is 0.333. The second-order valence-electron chi connectivity index (χ2n) is 4.13. The summed E-state index contributed by atoms with van der Waals surface area (Å²) in [5.41, 5.74) is 8.87. The predicted molar refractivity (Wildman–Crippen MR) is 61.6 cm³/mol. The Morgan fingerprint density at radius 2 is 2.00 bits per heavy atom. The van der Waals surface area contributed by atoms with Gasteiger partial charge in [-0.2, -0.15) is 0 Å². The van der Waals surface area contributed by atoms with E-state index < -0.39 is 0 Å². The Balaban J connectivity index is 2.07. The van der Waals surface area contributed by atoms with Gasteiger partial charge in [0.1, 0.15) is 5.69 Å². The molecule has 0 radical (unpaired) electrons. The summed E-state index contributed by atoms with van der Waals surface area (Å²) >= 11 is 0. The number of aromatic nitrogens is 3. The standard InChI is InChI=1S/C12H14N4/c13-8-11-12(9-4-2-1-3-5-9)14-15-16(11)10-6-7-10/h1-5,10H,6-8,13H2. The number of hydrogen-bond acceptors (Lipinski definition) is 3. The van der Waals surface area contributed by atoms with Crippen molar-refractivity contribution in [3.05, 3.63) is 36.0 Å². The van der Waals surface area contributed by atoms with Crippen LogP contribution in [-0.2, 0) is 6.54 Å². The minimum atomic E-state index is 0.494. The summed E-state index contributed by atoms with van der Waals surface area (Å²) in [6.07, 6.45) is 2.40. The molecule has 82 valence electrons. The quantitative estimate of drug-likeness (QED) is 0.846. The lowest BCUT2D eigenvalue weighted by atomic mass is 10.1. The van der Waals surface area contributed by atoms with Gasteiger partial charge >= 0.3 is 0 Å². The Kier molecular flexibility index (Phi) is 2.22. The van der Waals surface area contributed by atoms with Gasteiger partial charge < -0.3 is 5.73 Å². The third-order valence-electron chi connectivity index (χ3n) is 2.92. The summed E-state index contributed by atoms with van der Waals surface area (Å²) in [6, 6.07) is 10.6. The maximum absolute atomic E-state index is 5.80. The molecule has 1 aromatic heterocycles. The van der Waals surface area contributed by atoms with Crippen LogP contribution in [0.5, 0.6) is 0 Å². The molecular formula is C12H14N4. The van der Waals surface area contributed by atoms with Crippen molar-refractivity contribution in [2.24, 2.45) is 5.73 Å². The minimum absolute atomic E-state index is 0.494. The van der Waals surface area contributed by atoms with Crippen molar-refractivity contribution >= 4 is 0 Å². The molecule has 1 aromatic carbocycles. The summed E-state index contributed by atoms with van der Waals surface area (Å²) in [7, 11) is 0. The first-order chi connectivity index (χ1) is 7.90. The highest BCUT2D eigenvalue weighted by Gasteiger charge is 2.28. The Morgan fingerprint density at radius 1 is 1.25 bits per heavy atom. The van der Waals surface area contributed by atoms with E-state index in [0.29, 0.717) is 12.6 Å². The molecule has 1 heterocycles. The first-order valence-corrected chi connectivity index (χ1v) is 5.59. The van der Waals surface area contributed by atoms with Crippen molar-refractivity contribution in [1.29, 1.82) is 0 Å². The van der Waals surface area contributed by atoms with Crippen LogP contribution in [-0.4, -0.2) is 15.0 Å². The van der Waals surface area contributed by atoms with Crippen LogP contribution in [0.15, 0.2) is 30.3 Å². The Morgan fingerprint density at radius 3 is 2.62 bits per heavy atom. The molecule has 4 heteroatoms. The number of benzene rings is 1. The molecule has 1 aliphatic carbocycles. The molecule has 2 aromatic rings. The van der Waals surface area contributed by atoms with Gasteiger partial charge in [-0.3, -0.25) is 0 Å². The largest absolute Gasteiger partial charge is 0.325 e. The number of nitrogens with zero attached hydrogens (tertiary/aromatic N) is 3. The van der Waals surface area contributed by atoms with Gasteiger partial charge in [0.2, 0.25) is 0 Å². The molecule has 0 amide bonds. The second kappa shape index (κ2) is 3.72. The van der Waals surface area contributed by atoms with Crippen LogP contribution in [0.25, 0.3) is 11.3 Å². The Hall–Kier alpha value is -1.68. The summed E-state index contributed by atoms with van der Waals surface area (Å²) < 4.78 is 1.99. The minimum Gasteiger partial charge on any atom is -0.325 e. The lowest BCUT2D eigenvalue weighted by molar-refractivity contribution is 0.583. The molecule has 4 nitrogen and oxygen atoms in total. The number of rotatable bonds is 3. The smallest absolute Gasteiger partial charge is 0.117 e. The van der Waals surface area contributed by atoms with Crippen LogP contribution in [0, 0.1) is 0 Å². The van der Waals surface area contributed by atoms with E-state index in [1.165, 1.54) is 12.8 Å². The lowest BCUT2D eigenvalue weighted by Gasteiger charge is -2.03. The maximum Gasteiger partial charge on any atom is 0.117 e. The molecule has 2 N–H and O–H groups in total. The van der Waals surface area contributed by atoms with Gasteiger partial charge in [-0.15, -0.1) is 5.10 Å². The molecule has 0 saturated heterocycles. The van der Waals surface area contributed by atoms with E-state index in [4.69, 9.17) is 5.73 Å². The van der Waals surface area contributed by atoms with E-state index in [2.05, 4.69) is 10.3 Å². The van der Waals surface area contributed by atoms with Crippen LogP contribution in [0.4, 0.5) is 0 Å². The molecule has 1 fully saturated rings. The highest BCUT2D eigenvalue weighted by atomic mass is 15.5. The Labute approximate surface area is 94.1 Å². The van der Waals surface area contributed by atoms with E-state index in [0.717, 1.165) is 17.0 Å². The first kappa shape index (κ1) is 9.54. The molecule has 0 aliphatic heterocycles. The Bertz CT molecular complexity index is 485. The average Bonchev–Trinajstić information content (AvgIpc) is 3.09. The molecule has 16 heavy (non-hydrogen) atoms. The van der Waals surface area contributed by atoms with Gasteiger partial charge in [0, 0.05) is 12.1 Å².